The van der Waals surface area contributed by atoms with E-state index in [1.807, 2.05) is 61.5 Å². The summed E-state index contributed by atoms with van der Waals surface area (Å²) in [5, 5.41) is 64.6. The Balaban J connectivity index is 0.000000205. The van der Waals surface area contributed by atoms with Gasteiger partial charge in [0, 0.05) is 17.4 Å². The molecule has 0 radical (unpaired) electrons. The van der Waals surface area contributed by atoms with Gasteiger partial charge in [0.05, 0.1) is 22.8 Å². The maximum Gasteiger partial charge on any atom is 0.243 e. The standard InChI is InChI=1S/C17H16N4O2.C16H14N4O2.Cr/c1-11-7-9-13(10-8-11)21-17(23)16(12(2)20-21)19-18-14-5-3-4-6-15(14)22;1-11-15(18-17-13-9-5-6-10-14(13)21)16(22)20(19-11)12-7-3-2-4-8-12;/h3-10,22-23H,1-2H3;2-10,21-22H,1H3;. The minimum atomic E-state index is -0.0946. The smallest absolute Gasteiger partial charge is 0.243 e. The van der Waals surface area contributed by atoms with E-state index in [9.17, 15) is 20.4 Å². The third kappa shape index (κ3) is 7.47. The molecule has 0 atom stereocenters. The van der Waals surface area contributed by atoms with Crippen LogP contribution >= 0.6 is 0 Å². The predicted molar refractivity (Wildman–Crippen MR) is 169 cm³/mol. The van der Waals surface area contributed by atoms with Gasteiger partial charge in [0.25, 0.3) is 0 Å². The Bertz CT molecular complexity index is 1990. The third-order valence-corrected chi connectivity index (χ3v) is 6.57. The van der Waals surface area contributed by atoms with Crippen LogP contribution in [0.15, 0.2) is 124 Å². The molecule has 6 aromatic rings. The number of para-hydroxylation sites is 3. The molecule has 0 aliphatic carbocycles. The first-order valence-corrected chi connectivity index (χ1v) is 13.8. The first-order valence-electron chi connectivity index (χ1n) is 13.8. The van der Waals surface area contributed by atoms with Crippen LogP contribution in [0.4, 0.5) is 22.7 Å². The number of phenolic OH excluding ortho intramolecular Hbond substituents is 2. The summed E-state index contributed by atoms with van der Waals surface area (Å²) in [5.41, 5.74) is 4.87. The summed E-state index contributed by atoms with van der Waals surface area (Å²) in [5.74, 6) is -0.133. The van der Waals surface area contributed by atoms with Crippen molar-refractivity contribution in [3.05, 3.63) is 120 Å². The second-order valence-corrected chi connectivity index (χ2v) is 9.89. The zero-order valence-corrected chi connectivity index (χ0v) is 26.4. The van der Waals surface area contributed by atoms with E-state index in [1.54, 1.807) is 50.2 Å². The van der Waals surface area contributed by atoms with Gasteiger partial charge in [-0.05, 0) is 69.3 Å². The molecule has 0 unspecified atom stereocenters. The van der Waals surface area contributed by atoms with E-state index >= 15 is 0 Å². The van der Waals surface area contributed by atoms with E-state index in [2.05, 4.69) is 30.7 Å². The zero-order valence-electron chi connectivity index (χ0n) is 25.1. The van der Waals surface area contributed by atoms with Crippen LogP contribution in [0.25, 0.3) is 11.4 Å². The molecule has 0 amide bonds. The quantitative estimate of drug-likeness (QED) is 0.132. The van der Waals surface area contributed by atoms with E-state index in [0.717, 1.165) is 16.9 Å². The molecule has 0 aliphatic rings. The molecule has 0 fully saturated rings. The molecule has 13 heteroatoms. The maximum absolute atomic E-state index is 10.4. The number of rotatable bonds is 6. The number of hydrogen-bond acceptors (Lipinski definition) is 10. The molecule has 46 heavy (non-hydrogen) atoms. The first kappa shape index (κ1) is 33.1. The van der Waals surface area contributed by atoms with E-state index in [-0.39, 0.29) is 52.0 Å². The van der Waals surface area contributed by atoms with Crippen molar-refractivity contribution in [1.29, 1.82) is 0 Å². The van der Waals surface area contributed by atoms with Crippen molar-refractivity contribution in [1.82, 2.24) is 19.6 Å². The molecule has 2 aromatic heterocycles. The number of aryl methyl sites for hydroxylation is 3. The molecule has 12 nitrogen and oxygen atoms in total. The Morgan fingerprint density at radius 1 is 0.478 bits per heavy atom. The second kappa shape index (κ2) is 14.8. The number of benzene rings is 4. The van der Waals surface area contributed by atoms with Crippen molar-refractivity contribution in [3.63, 3.8) is 0 Å². The summed E-state index contributed by atoms with van der Waals surface area (Å²) < 4.78 is 2.81. The SMILES string of the molecule is Cc1ccc(-n2nc(C)c(N=Nc3ccccc3O)c2O)cc1.Cc1nn(-c2ccccc2)c(O)c1N=Nc1ccccc1O.[Cr]. The minimum Gasteiger partial charge on any atom is -0.506 e. The Hall–Kier alpha value is -5.77. The monoisotopic (exact) mass is 654 g/mol. The van der Waals surface area contributed by atoms with Gasteiger partial charge < -0.3 is 20.4 Å². The summed E-state index contributed by atoms with van der Waals surface area (Å²) >= 11 is 0. The predicted octanol–water partition coefficient (Wildman–Crippen LogP) is 8.32. The zero-order chi connectivity index (χ0) is 31.9. The van der Waals surface area contributed by atoms with Crippen LogP contribution in [0.1, 0.15) is 17.0 Å². The van der Waals surface area contributed by atoms with Crippen molar-refractivity contribution in [2.24, 2.45) is 20.5 Å². The van der Waals surface area contributed by atoms with Gasteiger partial charge in [-0.25, -0.2) is 0 Å². The van der Waals surface area contributed by atoms with Crippen molar-refractivity contribution >= 4 is 22.7 Å². The fourth-order valence-electron chi connectivity index (χ4n) is 4.17. The van der Waals surface area contributed by atoms with Gasteiger partial charge in [0.2, 0.25) is 11.8 Å². The van der Waals surface area contributed by atoms with E-state index < -0.39 is 0 Å². The molecule has 4 aromatic carbocycles. The molecule has 232 valence electrons. The van der Waals surface area contributed by atoms with Crippen LogP contribution in [-0.4, -0.2) is 40.0 Å². The van der Waals surface area contributed by atoms with E-state index in [0.29, 0.717) is 22.8 Å². The van der Waals surface area contributed by atoms with Gasteiger partial charge in [-0.15, -0.1) is 20.5 Å². The molecule has 6 rings (SSSR count). The number of hydrogen-bond donors (Lipinski definition) is 4. The second-order valence-electron chi connectivity index (χ2n) is 9.89. The molecule has 0 spiro atoms. The number of nitrogens with zero attached hydrogens (tertiary/aromatic N) is 8. The van der Waals surface area contributed by atoms with Gasteiger partial charge in [-0.1, -0.05) is 60.2 Å². The third-order valence-electron chi connectivity index (χ3n) is 6.57. The summed E-state index contributed by atoms with van der Waals surface area (Å²) in [6.07, 6.45) is 0. The molecular weight excluding hydrogens is 624 g/mol. The molecule has 2 heterocycles. The summed E-state index contributed by atoms with van der Waals surface area (Å²) in [4.78, 5) is 0. The Morgan fingerprint density at radius 3 is 1.30 bits per heavy atom. The van der Waals surface area contributed by atoms with Gasteiger partial charge in [0.1, 0.15) is 22.9 Å². The van der Waals surface area contributed by atoms with E-state index in [1.165, 1.54) is 21.5 Å². The van der Waals surface area contributed by atoms with Crippen molar-refractivity contribution in [3.8, 4) is 34.6 Å². The molecule has 0 bridgehead atoms. The summed E-state index contributed by atoms with van der Waals surface area (Å²) in [6, 6.07) is 30.1. The number of azo groups is 2. The van der Waals surface area contributed by atoms with Crippen molar-refractivity contribution in [2.75, 3.05) is 0 Å². The van der Waals surface area contributed by atoms with Crippen LogP contribution < -0.4 is 0 Å². The fraction of sp³-hybridized carbons (Fsp3) is 0.0909. The van der Waals surface area contributed by atoms with Crippen LogP contribution in [-0.2, 0) is 17.4 Å². The fourth-order valence-corrected chi connectivity index (χ4v) is 4.17. The number of aromatic nitrogens is 4. The molecule has 0 aliphatic heterocycles. The number of phenols is 2. The Labute approximate surface area is 275 Å². The largest absolute Gasteiger partial charge is 0.506 e. The van der Waals surface area contributed by atoms with Crippen LogP contribution in [0.3, 0.4) is 0 Å². The van der Waals surface area contributed by atoms with Crippen LogP contribution in [0, 0.1) is 20.8 Å². The number of aromatic hydroxyl groups is 4. The van der Waals surface area contributed by atoms with Gasteiger partial charge >= 0.3 is 0 Å². The van der Waals surface area contributed by atoms with Crippen LogP contribution in [0.2, 0.25) is 0 Å². The van der Waals surface area contributed by atoms with Gasteiger partial charge in [0.15, 0.2) is 11.4 Å². The Morgan fingerprint density at radius 2 is 0.870 bits per heavy atom. The molecule has 4 N–H and O–H groups in total. The molecular formula is C33H30CrN8O4. The normalized spacial score (nSPS) is 10.9. The summed E-state index contributed by atoms with van der Waals surface area (Å²) in [7, 11) is 0. The minimum absolute atomic E-state index is 0. The van der Waals surface area contributed by atoms with E-state index in [4.69, 9.17) is 0 Å². The maximum atomic E-state index is 10.4. The van der Waals surface area contributed by atoms with Crippen LogP contribution in [0.5, 0.6) is 23.3 Å². The first-order chi connectivity index (χ1) is 21.7. The molecule has 0 saturated heterocycles. The van der Waals surface area contributed by atoms with Gasteiger partial charge in [-0.2, -0.15) is 19.6 Å². The average Bonchev–Trinajstić information content (AvgIpc) is 3.50. The van der Waals surface area contributed by atoms with Crippen molar-refractivity contribution < 1.29 is 37.8 Å². The summed E-state index contributed by atoms with van der Waals surface area (Å²) in [6.45, 7) is 5.46. The molecule has 0 saturated carbocycles. The Kier molecular flexibility index (Phi) is 10.7. The van der Waals surface area contributed by atoms with Gasteiger partial charge in [-0.3, -0.25) is 0 Å². The van der Waals surface area contributed by atoms with Crippen molar-refractivity contribution in [2.45, 2.75) is 20.8 Å². The average molecular weight is 655 g/mol. The topological polar surface area (TPSA) is 166 Å².